The second-order valence-corrected chi connectivity index (χ2v) is 5.19. The van der Waals surface area contributed by atoms with Crippen LogP contribution in [0.5, 0.6) is 0 Å². The van der Waals surface area contributed by atoms with Gasteiger partial charge in [-0.2, -0.15) is 0 Å². The molecule has 19 heavy (non-hydrogen) atoms. The van der Waals surface area contributed by atoms with Crippen molar-refractivity contribution in [3.05, 3.63) is 0 Å². The third kappa shape index (κ3) is 4.80. The average molecular weight is 274 g/mol. The van der Waals surface area contributed by atoms with Gasteiger partial charge in [-0.3, -0.25) is 9.59 Å². The van der Waals surface area contributed by atoms with E-state index in [0.717, 1.165) is 0 Å². The summed E-state index contributed by atoms with van der Waals surface area (Å²) in [5.74, 6) is -2.72. The van der Waals surface area contributed by atoms with Gasteiger partial charge >= 0.3 is 11.9 Å². The Bertz CT molecular complexity index is 338. The molecule has 1 heterocycles. The molecule has 1 aliphatic rings. The zero-order chi connectivity index (χ0) is 14.6. The summed E-state index contributed by atoms with van der Waals surface area (Å²) in [5.41, 5.74) is 0. The first-order valence-corrected chi connectivity index (χ1v) is 6.47. The molecule has 3 atom stereocenters. The van der Waals surface area contributed by atoms with Crippen molar-refractivity contribution < 1.29 is 28.9 Å². The lowest BCUT2D eigenvalue weighted by Crippen LogP contribution is -2.50. The Morgan fingerprint density at radius 2 is 2.05 bits per heavy atom. The largest absolute Gasteiger partial charge is 0.481 e. The van der Waals surface area contributed by atoms with Crippen molar-refractivity contribution in [2.45, 2.75) is 58.5 Å². The van der Waals surface area contributed by atoms with E-state index in [1.807, 2.05) is 6.92 Å². The van der Waals surface area contributed by atoms with E-state index < -0.39 is 23.8 Å². The topological polar surface area (TPSA) is 82.1 Å². The van der Waals surface area contributed by atoms with Crippen molar-refractivity contribution in [3.8, 4) is 0 Å². The van der Waals surface area contributed by atoms with E-state index in [1.54, 1.807) is 13.8 Å². The van der Waals surface area contributed by atoms with Crippen LogP contribution in [0.3, 0.4) is 0 Å². The van der Waals surface area contributed by atoms with Gasteiger partial charge < -0.3 is 19.3 Å². The molecular formula is C13H22O6. The molecule has 0 amide bonds. The number of esters is 1. The molecule has 1 aliphatic heterocycles. The molecule has 1 unspecified atom stereocenters. The third-order valence-corrected chi connectivity index (χ3v) is 3.06. The Morgan fingerprint density at radius 3 is 2.53 bits per heavy atom. The summed E-state index contributed by atoms with van der Waals surface area (Å²) in [6, 6.07) is 0. The molecule has 1 saturated heterocycles. The van der Waals surface area contributed by atoms with Crippen molar-refractivity contribution in [3.63, 3.8) is 0 Å². The number of hydrogen-bond acceptors (Lipinski definition) is 5. The fraction of sp³-hybridized carbons (Fsp3) is 0.846. The summed E-state index contributed by atoms with van der Waals surface area (Å²) in [5, 5.41) is 9.19. The molecule has 0 radical (unpaired) electrons. The maximum Gasteiger partial charge on any atom is 0.309 e. The van der Waals surface area contributed by atoms with Gasteiger partial charge in [-0.05, 0) is 20.3 Å². The molecule has 1 N–H and O–H groups in total. The van der Waals surface area contributed by atoms with Gasteiger partial charge in [0.15, 0.2) is 5.79 Å². The Kier molecular flexibility index (Phi) is 5.31. The van der Waals surface area contributed by atoms with Crippen molar-refractivity contribution in [2.24, 2.45) is 5.92 Å². The van der Waals surface area contributed by atoms with Crippen LogP contribution in [-0.2, 0) is 23.8 Å². The fourth-order valence-electron chi connectivity index (χ4n) is 2.30. The molecule has 0 spiro atoms. The third-order valence-electron chi connectivity index (χ3n) is 3.06. The second kappa shape index (κ2) is 6.34. The summed E-state index contributed by atoms with van der Waals surface area (Å²) in [6.07, 6.45) is 0.107. The SMILES string of the molecule is CCC(C(=O)O)[C@H]1C[C@@H](COC(C)=O)OC(C)(C)O1. The summed E-state index contributed by atoms with van der Waals surface area (Å²) in [6.45, 7) is 6.72. The zero-order valence-corrected chi connectivity index (χ0v) is 11.8. The van der Waals surface area contributed by atoms with E-state index in [4.69, 9.17) is 14.2 Å². The van der Waals surface area contributed by atoms with Crippen LogP contribution < -0.4 is 0 Å². The van der Waals surface area contributed by atoms with E-state index in [2.05, 4.69) is 0 Å². The molecular weight excluding hydrogens is 252 g/mol. The first-order valence-electron chi connectivity index (χ1n) is 6.47. The number of hydrogen-bond donors (Lipinski definition) is 1. The minimum atomic E-state index is -0.878. The lowest BCUT2D eigenvalue weighted by Gasteiger charge is -2.42. The lowest BCUT2D eigenvalue weighted by molar-refractivity contribution is -0.311. The zero-order valence-electron chi connectivity index (χ0n) is 11.8. The summed E-state index contributed by atoms with van der Waals surface area (Å²) < 4.78 is 16.2. The number of aliphatic carboxylic acids is 1. The molecule has 1 rings (SSSR count). The summed E-state index contributed by atoms with van der Waals surface area (Å²) in [7, 11) is 0. The number of carbonyl (C=O) groups excluding carboxylic acids is 1. The van der Waals surface area contributed by atoms with Crippen LogP contribution in [0, 0.1) is 5.92 Å². The van der Waals surface area contributed by atoms with E-state index in [-0.39, 0.29) is 18.7 Å². The molecule has 1 fully saturated rings. The number of ether oxygens (including phenoxy) is 3. The molecule has 6 heteroatoms. The highest BCUT2D eigenvalue weighted by Gasteiger charge is 2.41. The van der Waals surface area contributed by atoms with Crippen LogP contribution in [0.15, 0.2) is 0 Å². The molecule has 6 nitrogen and oxygen atoms in total. The first kappa shape index (κ1) is 15.9. The summed E-state index contributed by atoms with van der Waals surface area (Å²) in [4.78, 5) is 22.0. The van der Waals surface area contributed by atoms with Crippen molar-refractivity contribution in [1.82, 2.24) is 0 Å². The number of carbonyl (C=O) groups is 2. The number of carboxylic acids is 1. The lowest BCUT2D eigenvalue weighted by atomic mass is 9.93. The van der Waals surface area contributed by atoms with Gasteiger partial charge in [-0.25, -0.2) is 0 Å². The Morgan fingerprint density at radius 1 is 1.42 bits per heavy atom. The molecule has 0 bridgehead atoms. The van der Waals surface area contributed by atoms with Crippen LogP contribution in [0.25, 0.3) is 0 Å². The van der Waals surface area contributed by atoms with Crippen LogP contribution in [0.4, 0.5) is 0 Å². The number of rotatable bonds is 5. The Hall–Kier alpha value is -1.14. The minimum absolute atomic E-state index is 0.120. The standard InChI is InChI=1S/C13H22O6/c1-5-10(12(15)16)11-6-9(7-17-8(2)14)18-13(3,4)19-11/h9-11H,5-7H2,1-4H3,(H,15,16)/t9-,10?,11+/m0/s1. The maximum absolute atomic E-state index is 11.2. The Labute approximate surface area is 113 Å². The van der Waals surface area contributed by atoms with Crippen molar-refractivity contribution >= 4 is 11.9 Å². The first-order chi connectivity index (χ1) is 8.75. The van der Waals surface area contributed by atoms with E-state index in [1.165, 1.54) is 6.92 Å². The van der Waals surface area contributed by atoms with Gasteiger partial charge in [-0.15, -0.1) is 0 Å². The smallest absolute Gasteiger partial charge is 0.309 e. The van der Waals surface area contributed by atoms with Crippen LogP contribution in [0.1, 0.15) is 40.5 Å². The highest BCUT2D eigenvalue weighted by molar-refractivity contribution is 5.70. The van der Waals surface area contributed by atoms with E-state index >= 15 is 0 Å². The van der Waals surface area contributed by atoms with Crippen molar-refractivity contribution in [2.75, 3.05) is 6.61 Å². The van der Waals surface area contributed by atoms with Crippen LogP contribution in [-0.4, -0.2) is 41.6 Å². The molecule has 110 valence electrons. The van der Waals surface area contributed by atoms with E-state index in [0.29, 0.717) is 12.8 Å². The van der Waals surface area contributed by atoms with Gasteiger partial charge in [0, 0.05) is 13.3 Å². The fourth-order valence-corrected chi connectivity index (χ4v) is 2.30. The molecule has 0 aromatic rings. The predicted octanol–water partition coefficient (Wildman–Crippen LogP) is 1.57. The van der Waals surface area contributed by atoms with Gasteiger partial charge in [0.05, 0.1) is 18.1 Å². The van der Waals surface area contributed by atoms with Gasteiger partial charge in [0.1, 0.15) is 6.61 Å². The highest BCUT2D eigenvalue weighted by Crippen LogP contribution is 2.31. The molecule has 0 aromatic heterocycles. The molecule has 0 aliphatic carbocycles. The predicted molar refractivity (Wildman–Crippen MR) is 66.5 cm³/mol. The summed E-state index contributed by atoms with van der Waals surface area (Å²) >= 11 is 0. The second-order valence-electron chi connectivity index (χ2n) is 5.19. The number of carboxylic acid groups (broad SMARTS) is 1. The van der Waals surface area contributed by atoms with Gasteiger partial charge in [0.2, 0.25) is 0 Å². The van der Waals surface area contributed by atoms with Crippen LogP contribution >= 0.6 is 0 Å². The molecule has 0 saturated carbocycles. The van der Waals surface area contributed by atoms with Gasteiger partial charge in [0.25, 0.3) is 0 Å². The van der Waals surface area contributed by atoms with Crippen molar-refractivity contribution in [1.29, 1.82) is 0 Å². The minimum Gasteiger partial charge on any atom is -0.481 e. The quantitative estimate of drug-likeness (QED) is 0.766. The normalized spacial score (nSPS) is 27.6. The van der Waals surface area contributed by atoms with Gasteiger partial charge in [-0.1, -0.05) is 6.92 Å². The molecule has 0 aromatic carbocycles. The maximum atomic E-state index is 11.2. The Balaban J connectivity index is 2.72. The van der Waals surface area contributed by atoms with Crippen LogP contribution in [0.2, 0.25) is 0 Å². The van der Waals surface area contributed by atoms with E-state index in [9.17, 15) is 14.7 Å². The highest BCUT2D eigenvalue weighted by atomic mass is 16.7. The monoisotopic (exact) mass is 274 g/mol. The average Bonchev–Trinajstić information content (AvgIpc) is 2.24.